The number of rotatable bonds is 8. The molecule has 24 heavy (non-hydrogen) atoms. The summed E-state index contributed by atoms with van der Waals surface area (Å²) in [4.78, 5) is 0. The van der Waals surface area contributed by atoms with E-state index in [0.717, 1.165) is 24.3 Å². The molecule has 3 unspecified atom stereocenters. The van der Waals surface area contributed by atoms with E-state index in [0.29, 0.717) is 13.2 Å². The van der Waals surface area contributed by atoms with Gasteiger partial charge >= 0.3 is 12.1 Å². The summed E-state index contributed by atoms with van der Waals surface area (Å²) in [7, 11) is 0. The molecular weight excluding hydrogens is 342 g/mol. The van der Waals surface area contributed by atoms with Crippen LogP contribution in [0.5, 0.6) is 5.75 Å². The molecule has 1 fully saturated rings. The van der Waals surface area contributed by atoms with Crippen molar-refractivity contribution in [1.29, 1.82) is 0 Å². The van der Waals surface area contributed by atoms with Gasteiger partial charge in [-0.2, -0.15) is 22.0 Å². The van der Waals surface area contributed by atoms with Crippen molar-refractivity contribution in [3.63, 3.8) is 0 Å². The molecule has 1 saturated heterocycles. The van der Waals surface area contributed by atoms with Gasteiger partial charge in [-0.25, -0.2) is 4.39 Å². The number of benzene rings is 1. The summed E-state index contributed by atoms with van der Waals surface area (Å²) in [6.07, 6.45) is -9.60. The molecule has 0 bridgehead atoms. The molecule has 9 heteroatoms. The summed E-state index contributed by atoms with van der Waals surface area (Å²) >= 11 is 0. The van der Waals surface area contributed by atoms with Crippen molar-refractivity contribution >= 4 is 0 Å². The number of alkyl halides is 6. The summed E-state index contributed by atoms with van der Waals surface area (Å²) in [6.45, 7) is 2.98. The maximum atomic E-state index is 13.5. The zero-order valence-corrected chi connectivity index (χ0v) is 12.7. The van der Waals surface area contributed by atoms with Crippen LogP contribution in [0.25, 0.3) is 0 Å². The van der Waals surface area contributed by atoms with E-state index >= 15 is 0 Å². The molecule has 1 aliphatic heterocycles. The zero-order valence-electron chi connectivity index (χ0n) is 12.7. The third-order valence-electron chi connectivity index (χ3n) is 3.32. The molecule has 1 aromatic rings. The molecule has 1 aromatic carbocycles. The van der Waals surface area contributed by atoms with Crippen molar-refractivity contribution < 1.29 is 40.6 Å². The monoisotopic (exact) mass is 358 g/mol. The van der Waals surface area contributed by atoms with Crippen LogP contribution in [-0.4, -0.2) is 44.1 Å². The highest BCUT2D eigenvalue weighted by atomic mass is 19.4. The van der Waals surface area contributed by atoms with Crippen molar-refractivity contribution in [2.45, 2.75) is 37.4 Å². The van der Waals surface area contributed by atoms with Gasteiger partial charge in [-0.3, -0.25) is 0 Å². The van der Waals surface area contributed by atoms with Crippen LogP contribution >= 0.6 is 0 Å². The largest absolute Gasteiger partial charge is 0.491 e. The summed E-state index contributed by atoms with van der Waals surface area (Å²) in [5.41, 5.74) is -0.778. The lowest BCUT2D eigenvalue weighted by Crippen LogP contribution is -2.40. The number of ether oxygens (including phenoxy) is 3. The summed E-state index contributed by atoms with van der Waals surface area (Å²) in [5, 5.41) is 0. The lowest BCUT2D eigenvalue weighted by atomic mass is 10.0. The predicted molar refractivity (Wildman–Crippen MR) is 71.9 cm³/mol. The predicted octanol–water partition coefficient (Wildman–Crippen LogP) is 4.08. The number of hydrogen-bond donors (Lipinski definition) is 0. The molecule has 1 heterocycles. The Balaban J connectivity index is 1.87. The Kier molecular flexibility index (Phi) is 5.64. The van der Waals surface area contributed by atoms with E-state index in [1.165, 1.54) is 0 Å². The average molecular weight is 358 g/mol. The Hall–Kier alpha value is -1.48. The first-order valence-electron chi connectivity index (χ1n) is 7.16. The van der Waals surface area contributed by atoms with E-state index in [-0.39, 0.29) is 24.6 Å². The number of hydrogen-bond acceptors (Lipinski definition) is 3. The van der Waals surface area contributed by atoms with E-state index < -0.39 is 23.8 Å². The number of halogens is 6. The van der Waals surface area contributed by atoms with Gasteiger partial charge < -0.3 is 14.2 Å². The maximum Gasteiger partial charge on any atom is 0.456 e. The molecule has 0 aliphatic carbocycles. The third kappa shape index (κ3) is 4.76. The first-order valence-corrected chi connectivity index (χ1v) is 7.16. The summed E-state index contributed by atoms with van der Waals surface area (Å²) < 4.78 is 91.6. The minimum atomic E-state index is -5.96. The summed E-state index contributed by atoms with van der Waals surface area (Å²) in [5.74, 6) is -5.25. The highest BCUT2D eigenvalue weighted by molar-refractivity contribution is 5.29. The van der Waals surface area contributed by atoms with E-state index in [1.807, 2.05) is 0 Å². The zero-order chi connectivity index (χ0) is 18.0. The summed E-state index contributed by atoms with van der Waals surface area (Å²) in [6, 6.07) is 3.93. The molecule has 0 N–H and O–H groups in total. The van der Waals surface area contributed by atoms with Crippen LogP contribution in [0.1, 0.15) is 18.7 Å². The fourth-order valence-corrected chi connectivity index (χ4v) is 1.78. The molecular formula is C15H16F6O3. The second-order valence-corrected chi connectivity index (χ2v) is 5.46. The second-order valence-electron chi connectivity index (χ2n) is 5.46. The molecule has 0 amide bonds. The number of epoxide rings is 1. The highest BCUT2D eigenvalue weighted by Crippen LogP contribution is 2.46. The fourth-order valence-electron chi connectivity index (χ4n) is 1.78. The Labute approximate surface area is 134 Å². The molecule has 3 nitrogen and oxygen atoms in total. The highest BCUT2D eigenvalue weighted by Gasteiger charge is 2.63. The van der Waals surface area contributed by atoms with E-state index in [2.05, 4.69) is 0 Å². The van der Waals surface area contributed by atoms with Gasteiger partial charge in [0.1, 0.15) is 18.5 Å². The van der Waals surface area contributed by atoms with Crippen molar-refractivity contribution in [2.24, 2.45) is 0 Å². The van der Waals surface area contributed by atoms with Crippen LogP contribution in [0.3, 0.4) is 0 Å². The van der Waals surface area contributed by atoms with Crippen molar-refractivity contribution in [1.82, 2.24) is 0 Å². The second kappa shape index (κ2) is 7.18. The van der Waals surface area contributed by atoms with Crippen LogP contribution in [0.15, 0.2) is 24.3 Å². The van der Waals surface area contributed by atoms with Gasteiger partial charge in [0.25, 0.3) is 0 Å². The first kappa shape index (κ1) is 18.9. The topological polar surface area (TPSA) is 31.0 Å². The Morgan fingerprint density at radius 3 is 2.25 bits per heavy atom. The van der Waals surface area contributed by atoms with Crippen molar-refractivity contribution in [3.8, 4) is 5.75 Å². The van der Waals surface area contributed by atoms with Crippen LogP contribution in [0, 0.1) is 0 Å². The molecule has 0 saturated carbocycles. The van der Waals surface area contributed by atoms with Crippen LogP contribution < -0.4 is 4.74 Å². The van der Waals surface area contributed by atoms with E-state index in [1.54, 1.807) is 6.92 Å². The Morgan fingerprint density at radius 1 is 1.17 bits per heavy atom. The molecule has 0 radical (unpaired) electrons. The first-order chi connectivity index (χ1) is 11.1. The molecule has 3 atom stereocenters. The standard InChI is InChI=1S/C15H16F6O3/c1-9(22-7-12-8-24-12)6-23-11-4-2-10(3-5-11)13(16)14(17,18)15(19,20)21/h2-5,9,12-13H,6-8H2,1H3. The molecule has 0 aromatic heterocycles. The minimum absolute atomic E-state index is 0.100. The van der Waals surface area contributed by atoms with E-state index in [4.69, 9.17) is 14.2 Å². The van der Waals surface area contributed by atoms with Crippen LogP contribution in [0.2, 0.25) is 0 Å². The normalized spacial score (nSPS) is 20.5. The maximum absolute atomic E-state index is 13.5. The third-order valence-corrected chi connectivity index (χ3v) is 3.32. The van der Waals surface area contributed by atoms with E-state index in [9.17, 15) is 26.3 Å². The van der Waals surface area contributed by atoms with Gasteiger partial charge in [0.15, 0.2) is 6.17 Å². The van der Waals surface area contributed by atoms with Gasteiger partial charge in [0.05, 0.1) is 19.3 Å². The molecule has 0 spiro atoms. The van der Waals surface area contributed by atoms with Gasteiger partial charge in [-0.05, 0) is 24.6 Å². The lowest BCUT2D eigenvalue weighted by Gasteiger charge is -2.23. The smallest absolute Gasteiger partial charge is 0.456 e. The fraction of sp³-hybridized carbons (Fsp3) is 0.600. The average Bonchev–Trinajstić information content (AvgIpc) is 3.34. The lowest BCUT2D eigenvalue weighted by molar-refractivity contribution is -0.305. The molecule has 2 rings (SSSR count). The van der Waals surface area contributed by atoms with Gasteiger partial charge in [0, 0.05) is 0 Å². The minimum Gasteiger partial charge on any atom is -0.491 e. The van der Waals surface area contributed by atoms with Crippen molar-refractivity contribution in [3.05, 3.63) is 29.8 Å². The Morgan fingerprint density at radius 2 is 1.75 bits per heavy atom. The van der Waals surface area contributed by atoms with Gasteiger partial charge in [-0.1, -0.05) is 12.1 Å². The van der Waals surface area contributed by atoms with Crippen LogP contribution in [0.4, 0.5) is 26.3 Å². The molecule has 136 valence electrons. The quantitative estimate of drug-likeness (QED) is 0.518. The van der Waals surface area contributed by atoms with Gasteiger partial charge in [-0.15, -0.1) is 0 Å². The molecule has 1 aliphatic rings. The SMILES string of the molecule is CC(COc1ccc(C(F)C(F)(F)C(F)(F)F)cc1)OCC1CO1. The van der Waals surface area contributed by atoms with Gasteiger partial charge in [0.2, 0.25) is 0 Å². The van der Waals surface area contributed by atoms with Crippen LogP contribution in [-0.2, 0) is 9.47 Å². The Bertz CT molecular complexity index is 527. The van der Waals surface area contributed by atoms with Crippen molar-refractivity contribution in [2.75, 3.05) is 19.8 Å².